The zero-order valence-electron chi connectivity index (χ0n) is 21.9. The molecule has 4 fully saturated rings. The summed E-state index contributed by atoms with van der Waals surface area (Å²) in [4.78, 5) is 60.6. The molecule has 0 aliphatic carbocycles. The SMILES string of the molecule is O=C1[C@@H]2[C@@H](C(=O)N1c1ccccc1)C1(c3ccccc3)NC2(c2ccccc2)[C@H]2C(=O)N(c3ccccc3)C(=O)[C@@H]21. The first-order chi connectivity index (χ1) is 20.0. The largest absolute Gasteiger partial charge is 0.295 e. The molecule has 0 aromatic heterocycles. The van der Waals surface area contributed by atoms with E-state index in [0.29, 0.717) is 22.5 Å². The fraction of sp³-hybridized carbons (Fsp3) is 0.176. The second kappa shape index (κ2) is 8.32. The van der Waals surface area contributed by atoms with Gasteiger partial charge in [-0.1, -0.05) is 97.1 Å². The van der Waals surface area contributed by atoms with Crippen molar-refractivity contribution in [1.82, 2.24) is 5.32 Å². The summed E-state index contributed by atoms with van der Waals surface area (Å²) in [7, 11) is 0. The molecule has 41 heavy (non-hydrogen) atoms. The van der Waals surface area contributed by atoms with Crippen LogP contribution in [0.3, 0.4) is 0 Å². The molecule has 4 aromatic carbocycles. The van der Waals surface area contributed by atoms with Gasteiger partial charge in [-0.2, -0.15) is 0 Å². The molecule has 1 N–H and O–H groups in total. The van der Waals surface area contributed by atoms with E-state index in [9.17, 15) is 19.2 Å². The summed E-state index contributed by atoms with van der Waals surface area (Å²) in [5.41, 5.74) is -0.162. The van der Waals surface area contributed by atoms with Crippen LogP contribution in [0.4, 0.5) is 11.4 Å². The van der Waals surface area contributed by atoms with E-state index < -0.39 is 34.7 Å². The lowest BCUT2D eigenvalue weighted by Gasteiger charge is -2.40. The van der Waals surface area contributed by atoms with Gasteiger partial charge in [-0.15, -0.1) is 0 Å². The predicted molar refractivity (Wildman–Crippen MR) is 151 cm³/mol. The van der Waals surface area contributed by atoms with Crippen LogP contribution < -0.4 is 15.1 Å². The van der Waals surface area contributed by atoms with Gasteiger partial charge < -0.3 is 0 Å². The number of nitrogens with one attached hydrogen (secondary N) is 1. The standard InChI is InChI=1S/C34H25N3O4/c38-29-25-27(31(40)36(29)23-17-9-3-10-18-23)34(22-15-7-2-8-16-22)28-26(33(25,35-34)21-13-5-1-6-14-21)30(39)37(32(28)41)24-19-11-4-12-20-24/h1-20,25-28,35H/t25-,26+,27-,28+,33?,34?. The maximum Gasteiger partial charge on any atom is 0.240 e. The molecule has 4 aromatic rings. The number of benzene rings is 4. The van der Waals surface area contributed by atoms with Crippen molar-refractivity contribution in [3.8, 4) is 0 Å². The van der Waals surface area contributed by atoms with Gasteiger partial charge >= 0.3 is 0 Å². The van der Waals surface area contributed by atoms with Crippen LogP contribution in [0.1, 0.15) is 11.1 Å². The number of amides is 4. The van der Waals surface area contributed by atoms with E-state index in [-0.39, 0.29) is 23.6 Å². The van der Waals surface area contributed by atoms with Crippen molar-refractivity contribution in [2.24, 2.45) is 23.7 Å². The van der Waals surface area contributed by atoms with Crippen LogP contribution >= 0.6 is 0 Å². The van der Waals surface area contributed by atoms with Crippen LogP contribution in [0.5, 0.6) is 0 Å². The molecule has 0 saturated carbocycles. The van der Waals surface area contributed by atoms with Crippen molar-refractivity contribution < 1.29 is 19.2 Å². The topological polar surface area (TPSA) is 86.8 Å². The Kier molecular flexibility index (Phi) is 4.86. The maximum absolute atomic E-state index is 14.5. The fourth-order valence-electron chi connectivity index (χ4n) is 8.17. The van der Waals surface area contributed by atoms with E-state index in [1.165, 1.54) is 9.80 Å². The summed E-state index contributed by atoms with van der Waals surface area (Å²) in [5, 5.41) is 3.72. The number of anilines is 2. The molecule has 4 heterocycles. The first-order valence-corrected chi connectivity index (χ1v) is 13.8. The third-order valence-electron chi connectivity index (χ3n) is 9.52. The average molecular weight is 540 g/mol. The molecule has 4 amide bonds. The van der Waals surface area contributed by atoms with Crippen LogP contribution in [0.25, 0.3) is 0 Å². The molecule has 4 aliphatic heterocycles. The van der Waals surface area contributed by atoms with Crippen molar-refractivity contribution in [3.63, 3.8) is 0 Å². The quantitative estimate of drug-likeness (QED) is 0.396. The number of fused-ring (bicyclic) bond motifs is 8. The Morgan fingerprint density at radius 2 is 0.683 bits per heavy atom. The first-order valence-electron chi connectivity index (χ1n) is 13.8. The highest BCUT2D eigenvalue weighted by atomic mass is 16.2. The summed E-state index contributed by atoms with van der Waals surface area (Å²) in [6.07, 6.45) is 0. The van der Waals surface area contributed by atoms with Gasteiger partial charge in [0.2, 0.25) is 23.6 Å². The van der Waals surface area contributed by atoms with Crippen molar-refractivity contribution in [2.75, 3.05) is 9.80 Å². The van der Waals surface area contributed by atoms with Crippen LogP contribution in [0.15, 0.2) is 121 Å². The molecule has 0 spiro atoms. The predicted octanol–water partition coefficient (Wildman–Crippen LogP) is 4.01. The van der Waals surface area contributed by atoms with Gasteiger partial charge in [0.1, 0.15) is 0 Å². The summed E-state index contributed by atoms with van der Waals surface area (Å²) < 4.78 is 0. The van der Waals surface area contributed by atoms with E-state index in [0.717, 1.165) is 0 Å². The lowest BCUT2D eigenvalue weighted by Crippen LogP contribution is -2.53. The number of rotatable bonds is 4. The Hall–Kier alpha value is -4.88. The molecular formula is C34H25N3O4. The molecule has 2 unspecified atom stereocenters. The summed E-state index contributed by atoms with van der Waals surface area (Å²) in [6, 6.07) is 36.5. The normalized spacial score (nSPS) is 31.6. The number of nitrogens with zero attached hydrogens (tertiary/aromatic N) is 2. The highest BCUT2D eigenvalue weighted by Gasteiger charge is 2.85. The third kappa shape index (κ3) is 2.81. The highest BCUT2D eigenvalue weighted by Crippen LogP contribution is 2.71. The number of carbonyl (C=O) groups excluding carboxylic acids is 4. The third-order valence-corrected chi connectivity index (χ3v) is 9.52. The van der Waals surface area contributed by atoms with E-state index in [1.54, 1.807) is 48.5 Å². The molecule has 7 nitrogen and oxygen atoms in total. The van der Waals surface area contributed by atoms with Crippen molar-refractivity contribution in [2.45, 2.75) is 11.1 Å². The molecule has 0 radical (unpaired) electrons. The number of carbonyl (C=O) groups is 4. The Labute approximate surface area is 236 Å². The van der Waals surface area contributed by atoms with Crippen molar-refractivity contribution >= 4 is 35.0 Å². The molecule has 2 bridgehead atoms. The number of imide groups is 2. The van der Waals surface area contributed by atoms with Crippen LogP contribution in [0.2, 0.25) is 0 Å². The Morgan fingerprint density at radius 3 is 0.976 bits per heavy atom. The first kappa shape index (κ1) is 24.0. The van der Waals surface area contributed by atoms with Gasteiger partial charge in [-0.05, 0) is 35.4 Å². The molecule has 8 rings (SSSR count). The summed E-state index contributed by atoms with van der Waals surface area (Å²) in [5.74, 6) is -5.04. The van der Waals surface area contributed by atoms with Gasteiger partial charge in [-0.3, -0.25) is 24.5 Å². The smallest absolute Gasteiger partial charge is 0.240 e. The number of para-hydroxylation sites is 2. The molecular weight excluding hydrogens is 514 g/mol. The second-order valence-electron chi connectivity index (χ2n) is 11.2. The molecule has 200 valence electrons. The maximum atomic E-state index is 14.5. The minimum atomic E-state index is -1.28. The second-order valence-corrected chi connectivity index (χ2v) is 11.2. The van der Waals surface area contributed by atoms with E-state index in [2.05, 4.69) is 5.32 Å². The Balaban J connectivity index is 1.43. The van der Waals surface area contributed by atoms with Gasteiger partial charge in [0.05, 0.1) is 46.1 Å². The Bertz CT molecular complexity index is 1550. The molecule has 7 heteroatoms. The summed E-state index contributed by atoms with van der Waals surface area (Å²) >= 11 is 0. The zero-order valence-corrected chi connectivity index (χ0v) is 21.9. The summed E-state index contributed by atoms with van der Waals surface area (Å²) in [6.45, 7) is 0. The van der Waals surface area contributed by atoms with Gasteiger partial charge in [0.15, 0.2) is 0 Å². The lowest BCUT2D eigenvalue weighted by atomic mass is 9.55. The molecule has 6 atom stereocenters. The highest BCUT2D eigenvalue weighted by molar-refractivity contribution is 6.28. The minimum Gasteiger partial charge on any atom is -0.295 e. The van der Waals surface area contributed by atoms with Crippen molar-refractivity contribution in [3.05, 3.63) is 132 Å². The van der Waals surface area contributed by atoms with E-state index >= 15 is 0 Å². The lowest BCUT2D eigenvalue weighted by molar-refractivity contribution is -0.133. The van der Waals surface area contributed by atoms with Gasteiger partial charge in [-0.25, -0.2) is 9.80 Å². The van der Waals surface area contributed by atoms with Crippen LogP contribution in [-0.2, 0) is 30.3 Å². The van der Waals surface area contributed by atoms with Gasteiger partial charge in [0, 0.05) is 0 Å². The van der Waals surface area contributed by atoms with E-state index in [4.69, 9.17) is 0 Å². The Morgan fingerprint density at radius 1 is 0.415 bits per heavy atom. The zero-order chi connectivity index (χ0) is 27.9. The average Bonchev–Trinajstić information content (AvgIpc) is 3.69. The minimum absolute atomic E-state index is 0.364. The van der Waals surface area contributed by atoms with Gasteiger partial charge in [0.25, 0.3) is 0 Å². The van der Waals surface area contributed by atoms with Crippen molar-refractivity contribution in [1.29, 1.82) is 0 Å². The van der Waals surface area contributed by atoms with E-state index in [1.807, 2.05) is 72.8 Å². The monoisotopic (exact) mass is 539 g/mol. The van der Waals surface area contributed by atoms with Crippen LogP contribution in [-0.4, -0.2) is 23.6 Å². The molecule has 4 aliphatic rings. The molecule has 4 saturated heterocycles. The number of hydrogen-bond donors (Lipinski definition) is 1. The number of hydrogen-bond acceptors (Lipinski definition) is 5. The fourth-order valence-corrected chi connectivity index (χ4v) is 8.17. The van der Waals surface area contributed by atoms with Crippen LogP contribution in [0, 0.1) is 23.7 Å².